The van der Waals surface area contributed by atoms with Gasteiger partial charge in [-0.2, -0.15) is 0 Å². The molecule has 0 atom stereocenters. The molecule has 0 bridgehead atoms. The van der Waals surface area contributed by atoms with Gasteiger partial charge in [-0.1, -0.05) is 12.1 Å². The van der Waals surface area contributed by atoms with Crippen LogP contribution in [0.5, 0.6) is 0 Å². The van der Waals surface area contributed by atoms with Gasteiger partial charge in [0.05, 0.1) is 10.7 Å². The third kappa shape index (κ3) is 3.00. The molecule has 0 aliphatic heterocycles. The van der Waals surface area contributed by atoms with E-state index in [9.17, 15) is 8.42 Å². The van der Waals surface area contributed by atoms with Crippen molar-refractivity contribution in [2.24, 2.45) is 0 Å². The fraction of sp³-hybridized carbons (Fsp3) is 0.308. The van der Waals surface area contributed by atoms with Crippen LogP contribution in [-0.2, 0) is 16.6 Å². The van der Waals surface area contributed by atoms with Crippen LogP contribution in [0.2, 0.25) is 0 Å². The van der Waals surface area contributed by atoms with E-state index in [1.807, 2.05) is 13.0 Å². The molecule has 3 N–H and O–H groups in total. The SMILES string of the molecule is Cc1ncc(CNS(=O)(=O)c2c(C)ccc(C)c2N)s1. The smallest absolute Gasteiger partial charge is 0.243 e. The molecule has 2 aromatic rings. The van der Waals surface area contributed by atoms with Gasteiger partial charge in [-0.3, -0.25) is 0 Å². The fourth-order valence-corrected chi connectivity index (χ4v) is 4.15. The predicted molar refractivity (Wildman–Crippen MR) is 81.2 cm³/mol. The zero-order valence-corrected chi connectivity index (χ0v) is 13.2. The maximum Gasteiger partial charge on any atom is 0.243 e. The lowest BCUT2D eigenvalue weighted by Crippen LogP contribution is -2.25. The van der Waals surface area contributed by atoms with Crippen LogP contribution in [0.3, 0.4) is 0 Å². The van der Waals surface area contributed by atoms with Crippen molar-refractivity contribution in [1.29, 1.82) is 0 Å². The van der Waals surface area contributed by atoms with Crippen LogP contribution in [-0.4, -0.2) is 13.4 Å². The zero-order valence-electron chi connectivity index (χ0n) is 11.6. The summed E-state index contributed by atoms with van der Waals surface area (Å²) in [5.41, 5.74) is 7.61. The Bertz CT molecular complexity index is 736. The van der Waals surface area contributed by atoms with E-state index in [4.69, 9.17) is 5.73 Å². The largest absolute Gasteiger partial charge is 0.397 e. The van der Waals surface area contributed by atoms with E-state index in [1.165, 1.54) is 11.3 Å². The van der Waals surface area contributed by atoms with Crippen LogP contribution < -0.4 is 10.5 Å². The molecule has 2 rings (SSSR count). The minimum absolute atomic E-state index is 0.165. The summed E-state index contributed by atoms with van der Waals surface area (Å²) in [6, 6.07) is 3.58. The van der Waals surface area contributed by atoms with Crippen LogP contribution in [0.15, 0.2) is 23.2 Å². The highest BCUT2D eigenvalue weighted by Gasteiger charge is 2.21. The third-order valence-electron chi connectivity index (χ3n) is 2.99. The Balaban J connectivity index is 2.29. The van der Waals surface area contributed by atoms with Gasteiger partial charge in [0.1, 0.15) is 4.90 Å². The number of rotatable bonds is 4. The lowest BCUT2D eigenvalue weighted by atomic mass is 10.1. The van der Waals surface area contributed by atoms with E-state index in [2.05, 4.69) is 9.71 Å². The van der Waals surface area contributed by atoms with Gasteiger partial charge >= 0.3 is 0 Å². The molecule has 0 saturated carbocycles. The molecule has 1 heterocycles. The highest BCUT2D eigenvalue weighted by atomic mass is 32.2. The van der Waals surface area contributed by atoms with E-state index in [0.29, 0.717) is 11.3 Å². The molecular weight excluding hydrogens is 294 g/mol. The quantitative estimate of drug-likeness (QED) is 0.847. The van der Waals surface area contributed by atoms with Crippen molar-refractivity contribution in [1.82, 2.24) is 9.71 Å². The number of aromatic nitrogens is 1. The van der Waals surface area contributed by atoms with Gasteiger partial charge in [0.25, 0.3) is 0 Å². The number of thiazole rings is 1. The number of sulfonamides is 1. The third-order valence-corrected chi connectivity index (χ3v) is 5.50. The van der Waals surface area contributed by atoms with Gasteiger partial charge in [0, 0.05) is 17.6 Å². The number of nitrogens with two attached hydrogens (primary N) is 1. The topological polar surface area (TPSA) is 85.1 Å². The van der Waals surface area contributed by atoms with Crippen molar-refractivity contribution < 1.29 is 8.42 Å². The molecule has 0 spiro atoms. The summed E-state index contributed by atoms with van der Waals surface area (Å²) in [6.45, 7) is 5.63. The Morgan fingerprint density at radius 1 is 1.25 bits per heavy atom. The summed E-state index contributed by atoms with van der Waals surface area (Å²) in [4.78, 5) is 5.13. The lowest BCUT2D eigenvalue weighted by molar-refractivity contribution is 0.581. The van der Waals surface area contributed by atoms with Crippen LogP contribution in [0.4, 0.5) is 5.69 Å². The zero-order chi connectivity index (χ0) is 14.9. The Morgan fingerprint density at radius 3 is 2.50 bits per heavy atom. The average Bonchev–Trinajstić information content (AvgIpc) is 2.78. The maximum absolute atomic E-state index is 12.4. The molecule has 1 aromatic heterocycles. The van der Waals surface area contributed by atoms with Crippen molar-refractivity contribution in [2.75, 3.05) is 5.73 Å². The monoisotopic (exact) mass is 311 g/mol. The number of nitrogen functional groups attached to an aromatic ring is 1. The summed E-state index contributed by atoms with van der Waals surface area (Å²) >= 11 is 1.47. The molecule has 7 heteroatoms. The van der Waals surface area contributed by atoms with E-state index in [-0.39, 0.29) is 11.4 Å². The van der Waals surface area contributed by atoms with Gasteiger partial charge in [-0.15, -0.1) is 11.3 Å². The Kier molecular flexibility index (Phi) is 4.12. The highest BCUT2D eigenvalue weighted by molar-refractivity contribution is 7.89. The number of aryl methyl sites for hydroxylation is 3. The molecule has 0 fully saturated rings. The van der Waals surface area contributed by atoms with E-state index < -0.39 is 10.0 Å². The molecule has 0 aliphatic rings. The number of nitrogens with zero attached hydrogens (tertiary/aromatic N) is 1. The Labute approximate surface area is 122 Å². The van der Waals surface area contributed by atoms with Gasteiger partial charge in [0.15, 0.2) is 0 Å². The maximum atomic E-state index is 12.4. The molecule has 0 saturated heterocycles. The molecule has 5 nitrogen and oxygen atoms in total. The van der Waals surface area contributed by atoms with Crippen LogP contribution >= 0.6 is 11.3 Å². The predicted octanol–water partition coefficient (Wildman–Crippen LogP) is 2.13. The van der Waals surface area contributed by atoms with Gasteiger partial charge < -0.3 is 5.73 Å². The van der Waals surface area contributed by atoms with Crippen molar-refractivity contribution in [3.05, 3.63) is 39.3 Å². The molecule has 0 aliphatic carbocycles. The summed E-state index contributed by atoms with van der Waals surface area (Å²) in [6.07, 6.45) is 1.68. The van der Waals surface area contributed by atoms with Crippen LogP contribution in [0.25, 0.3) is 0 Å². The first-order chi connectivity index (χ1) is 9.31. The molecule has 20 heavy (non-hydrogen) atoms. The normalized spacial score (nSPS) is 11.8. The molecule has 0 radical (unpaired) electrons. The molecule has 0 amide bonds. The first-order valence-electron chi connectivity index (χ1n) is 6.08. The number of nitrogens with one attached hydrogen (secondary N) is 1. The molecule has 108 valence electrons. The number of hydrogen-bond acceptors (Lipinski definition) is 5. The highest BCUT2D eigenvalue weighted by Crippen LogP contribution is 2.26. The minimum Gasteiger partial charge on any atom is -0.397 e. The second kappa shape index (κ2) is 5.51. The molecular formula is C13H17N3O2S2. The van der Waals surface area contributed by atoms with Gasteiger partial charge in [-0.05, 0) is 31.9 Å². The first kappa shape index (κ1) is 15.0. The Hall–Kier alpha value is -1.44. The van der Waals surface area contributed by atoms with E-state index in [0.717, 1.165) is 15.4 Å². The van der Waals surface area contributed by atoms with Gasteiger partial charge in [-0.25, -0.2) is 18.1 Å². The summed E-state index contributed by atoms with van der Waals surface area (Å²) < 4.78 is 27.4. The average molecular weight is 311 g/mol. The van der Waals surface area contributed by atoms with Gasteiger partial charge in [0.2, 0.25) is 10.0 Å². The standard InChI is InChI=1S/C13H17N3O2S2/c1-8-4-5-9(2)13(12(8)14)20(17,18)16-7-11-6-15-10(3)19-11/h4-6,16H,7,14H2,1-3H3. The molecule has 0 unspecified atom stereocenters. The van der Waals surface area contributed by atoms with Crippen molar-refractivity contribution in [3.63, 3.8) is 0 Å². The number of hydrogen-bond donors (Lipinski definition) is 2. The van der Waals surface area contributed by atoms with Crippen LogP contribution in [0, 0.1) is 20.8 Å². The van der Waals surface area contributed by atoms with Crippen molar-refractivity contribution in [2.45, 2.75) is 32.2 Å². The van der Waals surface area contributed by atoms with Crippen molar-refractivity contribution in [3.8, 4) is 0 Å². The summed E-state index contributed by atoms with van der Waals surface area (Å²) in [5.74, 6) is 0. The Morgan fingerprint density at radius 2 is 1.90 bits per heavy atom. The number of anilines is 1. The second-order valence-corrected chi connectivity index (χ2v) is 7.64. The van der Waals surface area contributed by atoms with E-state index in [1.54, 1.807) is 26.1 Å². The first-order valence-corrected chi connectivity index (χ1v) is 8.38. The fourth-order valence-electron chi connectivity index (χ4n) is 1.89. The lowest BCUT2D eigenvalue weighted by Gasteiger charge is -2.13. The summed E-state index contributed by atoms with van der Waals surface area (Å²) in [5, 5.41) is 0.908. The second-order valence-electron chi connectivity index (χ2n) is 4.61. The van der Waals surface area contributed by atoms with Crippen LogP contribution in [0.1, 0.15) is 21.0 Å². The number of benzene rings is 1. The molecule has 1 aromatic carbocycles. The van der Waals surface area contributed by atoms with E-state index >= 15 is 0 Å². The van der Waals surface area contributed by atoms with Crippen molar-refractivity contribution >= 4 is 27.0 Å². The minimum atomic E-state index is -3.63. The summed E-state index contributed by atoms with van der Waals surface area (Å²) in [7, 11) is -3.63.